The molecule has 2 rings (SSSR count). The summed E-state index contributed by atoms with van der Waals surface area (Å²) in [5, 5.41) is 7.58. The van der Waals surface area contributed by atoms with Gasteiger partial charge in [0.1, 0.15) is 0 Å². The Morgan fingerprint density at radius 3 is 2.90 bits per heavy atom. The van der Waals surface area contributed by atoms with Crippen LogP contribution in [0.4, 0.5) is 0 Å². The van der Waals surface area contributed by atoms with E-state index in [0.29, 0.717) is 23.7 Å². The Balaban J connectivity index is 1.99. The molecule has 5 heteroatoms. The molecule has 0 spiro atoms. The summed E-state index contributed by atoms with van der Waals surface area (Å²) in [5.74, 6) is 1.97. The summed E-state index contributed by atoms with van der Waals surface area (Å²) in [6.07, 6.45) is 4.88. The molecule has 2 aromatic rings. The third-order valence-corrected chi connectivity index (χ3v) is 3.17. The van der Waals surface area contributed by atoms with E-state index in [9.17, 15) is 0 Å². The average molecular weight is 276 g/mol. The second kappa shape index (κ2) is 7.24. The fourth-order valence-electron chi connectivity index (χ4n) is 2.28. The Hall–Kier alpha value is -1.62. The van der Waals surface area contributed by atoms with Gasteiger partial charge in [-0.05, 0) is 37.4 Å². The number of hydrogen-bond acceptors (Lipinski definition) is 4. The summed E-state index contributed by atoms with van der Waals surface area (Å²) in [6.45, 7) is 7.67. The molecular weight excluding hydrogens is 252 g/mol. The third kappa shape index (κ3) is 4.20. The zero-order valence-corrected chi connectivity index (χ0v) is 12.5. The van der Waals surface area contributed by atoms with E-state index in [2.05, 4.69) is 41.2 Å². The van der Waals surface area contributed by atoms with Crippen LogP contribution in [0.5, 0.6) is 0 Å². The molecule has 2 heterocycles. The highest BCUT2D eigenvalue weighted by atomic mass is 16.5. The maximum Gasteiger partial charge on any atom is 0.228 e. The van der Waals surface area contributed by atoms with E-state index in [4.69, 9.17) is 4.52 Å². The molecule has 0 fully saturated rings. The summed E-state index contributed by atoms with van der Waals surface area (Å²) in [6, 6.07) is 4.26. The van der Waals surface area contributed by atoms with Crippen molar-refractivity contribution in [1.82, 2.24) is 20.4 Å². The number of rotatable bonds is 8. The topological polar surface area (TPSA) is 66.7 Å². The molecule has 0 saturated carbocycles. The van der Waals surface area contributed by atoms with Gasteiger partial charge in [0.25, 0.3) is 0 Å². The van der Waals surface area contributed by atoms with Crippen LogP contribution in [0.1, 0.15) is 39.5 Å². The van der Waals surface area contributed by atoms with E-state index in [0.717, 1.165) is 31.5 Å². The highest BCUT2D eigenvalue weighted by molar-refractivity contribution is 5.47. The van der Waals surface area contributed by atoms with Crippen molar-refractivity contribution in [3.05, 3.63) is 24.2 Å². The smallest absolute Gasteiger partial charge is 0.228 e. The first kappa shape index (κ1) is 14.8. The second-order valence-electron chi connectivity index (χ2n) is 5.58. The van der Waals surface area contributed by atoms with Crippen molar-refractivity contribution in [2.45, 2.75) is 46.1 Å². The Kier molecular flexibility index (Phi) is 5.35. The number of nitrogens with zero attached hydrogens (tertiary/aromatic N) is 2. The molecule has 5 nitrogen and oxygen atoms in total. The molecule has 0 aliphatic rings. The van der Waals surface area contributed by atoms with Gasteiger partial charge in [-0.15, -0.1) is 0 Å². The van der Waals surface area contributed by atoms with Gasteiger partial charge in [0.2, 0.25) is 11.7 Å². The van der Waals surface area contributed by atoms with Crippen LogP contribution in [0.25, 0.3) is 11.5 Å². The predicted octanol–water partition coefficient (Wildman–Crippen LogP) is 3.02. The lowest BCUT2D eigenvalue weighted by molar-refractivity contribution is 0.338. The second-order valence-corrected chi connectivity index (χ2v) is 5.58. The molecular formula is C15H24N4O. The van der Waals surface area contributed by atoms with Crippen molar-refractivity contribution in [2.75, 3.05) is 6.54 Å². The van der Waals surface area contributed by atoms with Gasteiger partial charge in [0.15, 0.2) is 0 Å². The first-order chi connectivity index (χ1) is 9.69. The van der Waals surface area contributed by atoms with Crippen molar-refractivity contribution in [1.29, 1.82) is 0 Å². The first-order valence-corrected chi connectivity index (χ1v) is 7.38. The van der Waals surface area contributed by atoms with Crippen molar-refractivity contribution in [3.63, 3.8) is 0 Å². The lowest BCUT2D eigenvalue weighted by Crippen LogP contribution is -2.33. The van der Waals surface area contributed by atoms with E-state index in [1.165, 1.54) is 0 Å². The largest absolute Gasteiger partial charge is 0.359 e. The van der Waals surface area contributed by atoms with E-state index in [1.807, 2.05) is 18.3 Å². The third-order valence-electron chi connectivity index (χ3n) is 3.17. The minimum absolute atomic E-state index is 0.395. The van der Waals surface area contributed by atoms with E-state index in [-0.39, 0.29) is 0 Å². The molecule has 0 amide bonds. The van der Waals surface area contributed by atoms with Crippen LogP contribution < -0.4 is 5.32 Å². The van der Waals surface area contributed by atoms with Crippen molar-refractivity contribution in [2.24, 2.45) is 5.92 Å². The van der Waals surface area contributed by atoms with Gasteiger partial charge >= 0.3 is 0 Å². The molecule has 1 atom stereocenters. The maximum atomic E-state index is 5.36. The number of aromatic amines is 1. The van der Waals surface area contributed by atoms with Crippen molar-refractivity contribution < 1.29 is 4.52 Å². The van der Waals surface area contributed by atoms with Crippen molar-refractivity contribution in [3.8, 4) is 11.5 Å². The number of H-pyrrole nitrogens is 1. The molecule has 0 radical (unpaired) electrons. The molecule has 20 heavy (non-hydrogen) atoms. The zero-order valence-electron chi connectivity index (χ0n) is 12.5. The minimum atomic E-state index is 0.395. The quantitative estimate of drug-likeness (QED) is 0.777. The van der Waals surface area contributed by atoms with Crippen LogP contribution in [-0.2, 0) is 6.42 Å². The summed E-state index contributed by atoms with van der Waals surface area (Å²) in [4.78, 5) is 7.54. The lowest BCUT2D eigenvalue weighted by Gasteiger charge is -2.18. The molecule has 1 unspecified atom stereocenters. The first-order valence-electron chi connectivity index (χ1n) is 7.38. The van der Waals surface area contributed by atoms with Crippen LogP contribution in [0.15, 0.2) is 22.9 Å². The Morgan fingerprint density at radius 1 is 1.40 bits per heavy atom. The van der Waals surface area contributed by atoms with E-state index >= 15 is 0 Å². The molecule has 0 aliphatic carbocycles. The standard InChI is InChI=1S/C15H24N4O/c1-4-7-16-12(9-11(2)3)10-14-18-15(19-20-14)13-6-5-8-17-13/h5-6,8,11-12,16-17H,4,7,9-10H2,1-3H3. The summed E-state index contributed by atoms with van der Waals surface area (Å²) in [7, 11) is 0. The van der Waals surface area contributed by atoms with Gasteiger partial charge in [-0.25, -0.2) is 0 Å². The SMILES string of the molecule is CCCNC(Cc1nc(-c2ccc[nH]2)no1)CC(C)C. The van der Waals surface area contributed by atoms with Gasteiger partial charge in [0.05, 0.1) is 5.69 Å². The highest BCUT2D eigenvalue weighted by Gasteiger charge is 2.16. The average Bonchev–Trinajstić information content (AvgIpc) is 3.05. The summed E-state index contributed by atoms with van der Waals surface area (Å²) in [5.41, 5.74) is 0.891. The molecule has 0 aromatic carbocycles. The Morgan fingerprint density at radius 2 is 2.25 bits per heavy atom. The number of nitrogens with one attached hydrogen (secondary N) is 2. The summed E-state index contributed by atoms with van der Waals surface area (Å²) < 4.78 is 5.36. The molecule has 110 valence electrons. The Labute approximate surface area is 120 Å². The highest BCUT2D eigenvalue weighted by Crippen LogP contribution is 2.15. The molecule has 2 N–H and O–H groups in total. The van der Waals surface area contributed by atoms with Gasteiger partial charge in [-0.1, -0.05) is 25.9 Å². The fourth-order valence-corrected chi connectivity index (χ4v) is 2.28. The zero-order chi connectivity index (χ0) is 14.4. The van der Waals surface area contributed by atoms with Gasteiger partial charge in [-0.3, -0.25) is 0 Å². The normalized spacial score (nSPS) is 13.0. The lowest BCUT2D eigenvalue weighted by atomic mass is 10.0. The minimum Gasteiger partial charge on any atom is -0.359 e. The van der Waals surface area contributed by atoms with Crippen LogP contribution in [0.2, 0.25) is 0 Å². The molecule has 0 aliphatic heterocycles. The maximum absolute atomic E-state index is 5.36. The van der Waals surface area contributed by atoms with Gasteiger partial charge < -0.3 is 14.8 Å². The Bertz CT molecular complexity index is 490. The molecule has 0 saturated heterocycles. The van der Waals surface area contributed by atoms with Crippen LogP contribution in [0.3, 0.4) is 0 Å². The number of hydrogen-bond donors (Lipinski definition) is 2. The van der Waals surface area contributed by atoms with Gasteiger partial charge in [-0.2, -0.15) is 4.98 Å². The summed E-state index contributed by atoms with van der Waals surface area (Å²) >= 11 is 0. The molecule has 0 bridgehead atoms. The monoisotopic (exact) mass is 276 g/mol. The predicted molar refractivity (Wildman–Crippen MR) is 79.3 cm³/mol. The number of aromatic nitrogens is 3. The van der Waals surface area contributed by atoms with Crippen LogP contribution in [-0.4, -0.2) is 27.7 Å². The fraction of sp³-hybridized carbons (Fsp3) is 0.600. The van der Waals surface area contributed by atoms with Gasteiger partial charge in [0, 0.05) is 18.7 Å². The van der Waals surface area contributed by atoms with Crippen molar-refractivity contribution >= 4 is 0 Å². The van der Waals surface area contributed by atoms with E-state index in [1.54, 1.807) is 0 Å². The van der Waals surface area contributed by atoms with Crippen LogP contribution in [0, 0.1) is 5.92 Å². The van der Waals surface area contributed by atoms with E-state index < -0.39 is 0 Å². The van der Waals surface area contributed by atoms with Crippen LogP contribution >= 0.6 is 0 Å². The molecule has 2 aromatic heterocycles.